The second-order valence-corrected chi connectivity index (χ2v) is 7.27. The molecule has 0 bridgehead atoms. The third kappa shape index (κ3) is 4.72. The summed E-state index contributed by atoms with van der Waals surface area (Å²) in [7, 11) is -3.69. The molecule has 0 aromatic heterocycles. The Morgan fingerprint density at radius 1 is 1.12 bits per heavy atom. The van der Waals surface area contributed by atoms with Crippen LogP contribution in [0.5, 0.6) is 5.75 Å². The van der Waals surface area contributed by atoms with Crippen LogP contribution in [0.2, 0.25) is 0 Å². The zero-order chi connectivity index (χ0) is 17.6. The minimum Gasteiger partial charge on any atom is -0.494 e. The summed E-state index contributed by atoms with van der Waals surface area (Å²) in [6.45, 7) is 4.37. The van der Waals surface area contributed by atoms with Gasteiger partial charge in [0.15, 0.2) is 0 Å². The van der Waals surface area contributed by atoms with Crippen molar-refractivity contribution >= 4 is 15.7 Å². The number of ether oxygens (including phenoxy) is 1. The first kappa shape index (κ1) is 18.3. The molecule has 0 fully saturated rings. The quantitative estimate of drug-likeness (QED) is 0.716. The number of aliphatic hydroxyl groups is 1. The predicted molar refractivity (Wildman–Crippen MR) is 94.8 cm³/mol. The Hall–Kier alpha value is -2.05. The van der Waals surface area contributed by atoms with Gasteiger partial charge in [-0.15, -0.1) is 0 Å². The van der Waals surface area contributed by atoms with Crippen LogP contribution in [0.3, 0.4) is 0 Å². The van der Waals surface area contributed by atoms with Crippen LogP contribution in [-0.4, -0.2) is 20.1 Å². The summed E-state index contributed by atoms with van der Waals surface area (Å²) in [5.41, 5.74) is 1.90. The summed E-state index contributed by atoms with van der Waals surface area (Å²) in [6, 6.07) is 11.5. The Kier molecular flexibility index (Phi) is 6.23. The van der Waals surface area contributed by atoms with E-state index in [2.05, 4.69) is 11.6 Å². The largest absolute Gasteiger partial charge is 0.494 e. The first-order valence-corrected chi connectivity index (χ1v) is 9.40. The fourth-order valence-corrected chi connectivity index (χ4v) is 3.25. The van der Waals surface area contributed by atoms with Gasteiger partial charge in [-0.05, 0) is 54.8 Å². The molecule has 2 aromatic carbocycles. The highest BCUT2D eigenvalue weighted by molar-refractivity contribution is 7.92. The Labute approximate surface area is 143 Å². The number of aryl methyl sites for hydroxylation is 1. The summed E-state index contributed by atoms with van der Waals surface area (Å²) in [5.74, 6) is 0.654. The van der Waals surface area contributed by atoms with E-state index in [9.17, 15) is 13.5 Å². The van der Waals surface area contributed by atoms with Crippen molar-refractivity contribution in [2.45, 2.75) is 38.2 Å². The zero-order valence-corrected chi connectivity index (χ0v) is 14.8. The molecule has 0 unspecified atom stereocenters. The van der Waals surface area contributed by atoms with E-state index in [1.807, 2.05) is 6.92 Å². The maximum Gasteiger partial charge on any atom is 0.261 e. The molecule has 0 atom stereocenters. The van der Waals surface area contributed by atoms with E-state index < -0.39 is 10.0 Å². The standard InChI is InChI=1S/C18H23NO4S/c1-3-4-11-23-16-7-9-17(10-8-16)24(21,22)19-18-12-15(13-20)6-5-14(18)2/h5-10,12,19-20H,3-4,11,13H2,1-2H3. The number of rotatable bonds is 8. The molecule has 24 heavy (non-hydrogen) atoms. The second-order valence-electron chi connectivity index (χ2n) is 5.59. The number of sulfonamides is 1. The molecular formula is C18H23NO4S. The first-order valence-electron chi connectivity index (χ1n) is 7.92. The van der Waals surface area contributed by atoms with Crippen LogP contribution in [0, 0.1) is 6.92 Å². The maximum absolute atomic E-state index is 12.5. The molecule has 0 aliphatic heterocycles. The van der Waals surface area contributed by atoms with Crippen LogP contribution in [0.4, 0.5) is 5.69 Å². The molecule has 0 aliphatic carbocycles. The Bertz CT molecular complexity index is 770. The van der Waals surface area contributed by atoms with Gasteiger partial charge in [0.25, 0.3) is 10.0 Å². The van der Waals surface area contributed by atoms with E-state index in [1.165, 1.54) is 12.1 Å². The van der Waals surface area contributed by atoms with Crippen molar-refractivity contribution in [2.75, 3.05) is 11.3 Å². The van der Waals surface area contributed by atoms with Crippen molar-refractivity contribution in [1.82, 2.24) is 0 Å². The Morgan fingerprint density at radius 3 is 2.46 bits per heavy atom. The molecular weight excluding hydrogens is 326 g/mol. The Morgan fingerprint density at radius 2 is 1.83 bits per heavy atom. The lowest BCUT2D eigenvalue weighted by Gasteiger charge is -2.12. The fourth-order valence-electron chi connectivity index (χ4n) is 2.13. The van der Waals surface area contributed by atoms with Crippen LogP contribution in [0.25, 0.3) is 0 Å². The van der Waals surface area contributed by atoms with Crippen molar-refractivity contribution < 1.29 is 18.3 Å². The number of hydrogen-bond donors (Lipinski definition) is 2. The number of hydrogen-bond acceptors (Lipinski definition) is 4. The lowest BCUT2D eigenvalue weighted by atomic mass is 10.1. The predicted octanol–water partition coefficient (Wildman–Crippen LogP) is 3.47. The lowest BCUT2D eigenvalue weighted by molar-refractivity contribution is 0.282. The summed E-state index contributed by atoms with van der Waals surface area (Å²) in [5, 5.41) is 9.20. The van der Waals surface area contributed by atoms with Crippen LogP contribution in [0.1, 0.15) is 30.9 Å². The van der Waals surface area contributed by atoms with Gasteiger partial charge in [0.1, 0.15) is 5.75 Å². The van der Waals surface area contributed by atoms with Crippen molar-refractivity contribution in [1.29, 1.82) is 0 Å². The molecule has 2 aromatic rings. The van der Waals surface area contributed by atoms with Crippen molar-refractivity contribution in [3.63, 3.8) is 0 Å². The van der Waals surface area contributed by atoms with Crippen LogP contribution < -0.4 is 9.46 Å². The lowest BCUT2D eigenvalue weighted by Crippen LogP contribution is -2.14. The zero-order valence-electron chi connectivity index (χ0n) is 14.0. The van der Waals surface area contributed by atoms with E-state index in [1.54, 1.807) is 30.3 Å². The summed E-state index contributed by atoms with van der Waals surface area (Å²) < 4.78 is 33.1. The van der Waals surface area contributed by atoms with E-state index in [0.717, 1.165) is 18.4 Å². The highest BCUT2D eigenvalue weighted by atomic mass is 32.2. The van der Waals surface area contributed by atoms with Gasteiger partial charge in [0.05, 0.1) is 23.8 Å². The fraction of sp³-hybridized carbons (Fsp3) is 0.333. The SMILES string of the molecule is CCCCOc1ccc(S(=O)(=O)Nc2cc(CO)ccc2C)cc1. The van der Waals surface area contributed by atoms with Gasteiger partial charge in [-0.1, -0.05) is 25.5 Å². The monoisotopic (exact) mass is 349 g/mol. The van der Waals surface area contributed by atoms with E-state index >= 15 is 0 Å². The van der Waals surface area contributed by atoms with Gasteiger partial charge in [-0.2, -0.15) is 0 Å². The van der Waals surface area contributed by atoms with Gasteiger partial charge < -0.3 is 9.84 Å². The normalized spacial score (nSPS) is 11.3. The molecule has 2 N–H and O–H groups in total. The third-order valence-corrected chi connectivity index (χ3v) is 5.01. The molecule has 2 rings (SSSR count). The molecule has 0 saturated carbocycles. The smallest absolute Gasteiger partial charge is 0.261 e. The number of anilines is 1. The Balaban J connectivity index is 2.15. The number of benzene rings is 2. The molecule has 0 heterocycles. The molecule has 5 nitrogen and oxygen atoms in total. The van der Waals surface area contributed by atoms with Crippen molar-refractivity contribution in [2.24, 2.45) is 0 Å². The number of aliphatic hydroxyl groups excluding tert-OH is 1. The molecule has 6 heteroatoms. The molecule has 130 valence electrons. The molecule has 0 radical (unpaired) electrons. The highest BCUT2D eigenvalue weighted by Crippen LogP contribution is 2.23. The van der Waals surface area contributed by atoms with Gasteiger partial charge in [-0.3, -0.25) is 4.72 Å². The second kappa shape index (κ2) is 8.17. The van der Waals surface area contributed by atoms with Gasteiger partial charge in [0.2, 0.25) is 0 Å². The molecule has 0 aliphatic rings. The van der Waals surface area contributed by atoms with Crippen LogP contribution >= 0.6 is 0 Å². The van der Waals surface area contributed by atoms with Gasteiger partial charge in [0, 0.05) is 0 Å². The molecule has 0 amide bonds. The van der Waals surface area contributed by atoms with Gasteiger partial charge in [-0.25, -0.2) is 8.42 Å². The minimum absolute atomic E-state index is 0.140. The van der Waals surface area contributed by atoms with E-state index in [0.29, 0.717) is 23.6 Å². The molecule has 0 spiro atoms. The van der Waals surface area contributed by atoms with Crippen molar-refractivity contribution in [3.8, 4) is 5.75 Å². The summed E-state index contributed by atoms with van der Waals surface area (Å²) in [6.07, 6.45) is 2.00. The minimum atomic E-state index is -3.69. The topological polar surface area (TPSA) is 75.6 Å². The first-order chi connectivity index (χ1) is 11.5. The number of unbranched alkanes of at least 4 members (excludes halogenated alkanes) is 1. The van der Waals surface area contributed by atoms with E-state index in [-0.39, 0.29) is 11.5 Å². The van der Waals surface area contributed by atoms with Crippen molar-refractivity contribution in [3.05, 3.63) is 53.6 Å². The van der Waals surface area contributed by atoms with E-state index in [4.69, 9.17) is 4.74 Å². The average molecular weight is 349 g/mol. The number of nitrogens with one attached hydrogen (secondary N) is 1. The average Bonchev–Trinajstić information content (AvgIpc) is 2.57. The third-order valence-electron chi connectivity index (χ3n) is 3.63. The molecule has 0 saturated heterocycles. The van der Waals surface area contributed by atoms with Gasteiger partial charge >= 0.3 is 0 Å². The highest BCUT2D eigenvalue weighted by Gasteiger charge is 2.15. The maximum atomic E-state index is 12.5. The summed E-state index contributed by atoms with van der Waals surface area (Å²) in [4.78, 5) is 0.166. The van der Waals surface area contributed by atoms with Crippen LogP contribution in [-0.2, 0) is 16.6 Å². The van der Waals surface area contributed by atoms with Crippen LogP contribution in [0.15, 0.2) is 47.4 Å². The summed E-state index contributed by atoms with van der Waals surface area (Å²) >= 11 is 0.